The molecule has 1 aromatic rings. The summed E-state index contributed by atoms with van der Waals surface area (Å²) in [6, 6.07) is 3.66. The Morgan fingerprint density at radius 2 is 1.95 bits per heavy atom. The van der Waals surface area contributed by atoms with Gasteiger partial charge in [0.2, 0.25) is 0 Å². The third-order valence-corrected chi connectivity index (χ3v) is 4.25. The first-order chi connectivity index (χ1) is 9.34. The van der Waals surface area contributed by atoms with Crippen molar-refractivity contribution in [3.05, 3.63) is 28.3 Å². The van der Waals surface area contributed by atoms with E-state index in [4.69, 9.17) is 21.4 Å². The largest absolute Gasteiger partial charge is 0.484 e. The van der Waals surface area contributed by atoms with Crippen LogP contribution in [0, 0.1) is 19.3 Å². The minimum absolute atomic E-state index is 0.0159. The van der Waals surface area contributed by atoms with Gasteiger partial charge in [0.05, 0.1) is 6.61 Å². The summed E-state index contributed by atoms with van der Waals surface area (Å²) in [6.45, 7) is 7.08. The van der Waals surface area contributed by atoms with Gasteiger partial charge >= 0.3 is 0 Å². The monoisotopic (exact) mass is 297 g/mol. The van der Waals surface area contributed by atoms with Crippen molar-refractivity contribution in [3.63, 3.8) is 0 Å². The number of carbonyl (C=O) groups excluding carboxylic acids is 1. The quantitative estimate of drug-likeness (QED) is 0.927. The second kappa shape index (κ2) is 5.62. The predicted molar refractivity (Wildman–Crippen MR) is 78.2 cm³/mol. The number of aliphatic hydroxyl groups excluding tert-OH is 1. The maximum absolute atomic E-state index is 11.9. The number of halogens is 1. The van der Waals surface area contributed by atoms with Crippen molar-refractivity contribution >= 4 is 17.5 Å². The van der Waals surface area contributed by atoms with Crippen LogP contribution in [-0.2, 0) is 4.79 Å². The van der Waals surface area contributed by atoms with Gasteiger partial charge in [-0.25, -0.2) is 0 Å². The van der Waals surface area contributed by atoms with E-state index < -0.39 is 0 Å². The van der Waals surface area contributed by atoms with E-state index in [1.54, 1.807) is 4.90 Å². The molecule has 110 valence electrons. The Bertz CT molecular complexity index is 501. The number of aryl methyl sites for hydroxylation is 2. The van der Waals surface area contributed by atoms with Gasteiger partial charge in [0.1, 0.15) is 5.75 Å². The smallest absolute Gasteiger partial charge is 0.260 e. The van der Waals surface area contributed by atoms with Crippen LogP contribution in [0.15, 0.2) is 12.1 Å². The maximum atomic E-state index is 11.9. The number of rotatable bonds is 4. The summed E-state index contributed by atoms with van der Waals surface area (Å²) in [5.41, 5.74) is 1.72. The number of hydrogen-bond acceptors (Lipinski definition) is 3. The first-order valence-corrected chi connectivity index (χ1v) is 7.01. The third-order valence-electron chi connectivity index (χ3n) is 3.65. The Kier molecular flexibility index (Phi) is 4.25. The Labute approximate surface area is 124 Å². The van der Waals surface area contributed by atoms with Crippen LogP contribution in [0.2, 0.25) is 5.02 Å². The summed E-state index contributed by atoms with van der Waals surface area (Å²) >= 11 is 6.09. The number of carbonyl (C=O) groups is 1. The fraction of sp³-hybridized carbons (Fsp3) is 0.533. The zero-order chi connectivity index (χ0) is 14.9. The summed E-state index contributed by atoms with van der Waals surface area (Å²) in [5, 5.41) is 9.89. The maximum Gasteiger partial charge on any atom is 0.260 e. The van der Waals surface area contributed by atoms with Crippen LogP contribution in [0.5, 0.6) is 5.75 Å². The first-order valence-electron chi connectivity index (χ1n) is 6.63. The Morgan fingerprint density at radius 1 is 1.40 bits per heavy atom. The highest BCUT2D eigenvalue weighted by Crippen LogP contribution is 2.29. The molecule has 1 aliphatic heterocycles. The molecule has 0 spiro atoms. The zero-order valence-corrected chi connectivity index (χ0v) is 12.8. The number of hydrogen-bond donors (Lipinski definition) is 1. The number of ether oxygens (including phenoxy) is 1. The highest BCUT2D eigenvalue weighted by molar-refractivity contribution is 6.32. The van der Waals surface area contributed by atoms with E-state index >= 15 is 0 Å². The molecule has 0 saturated carbocycles. The van der Waals surface area contributed by atoms with Crippen molar-refractivity contribution in [3.8, 4) is 5.75 Å². The molecular weight excluding hydrogens is 278 g/mol. The lowest BCUT2D eigenvalue weighted by molar-refractivity contribution is -0.146. The van der Waals surface area contributed by atoms with Crippen LogP contribution in [0.25, 0.3) is 0 Å². The Morgan fingerprint density at radius 3 is 2.45 bits per heavy atom. The summed E-state index contributed by atoms with van der Waals surface area (Å²) in [5.74, 6) is 0.601. The van der Waals surface area contributed by atoms with Crippen molar-refractivity contribution < 1.29 is 14.6 Å². The van der Waals surface area contributed by atoms with Gasteiger partial charge in [-0.1, -0.05) is 18.5 Å². The van der Waals surface area contributed by atoms with Crippen molar-refractivity contribution in [2.75, 3.05) is 26.3 Å². The molecule has 4 nitrogen and oxygen atoms in total. The molecule has 1 heterocycles. The van der Waals surface area contributed by atoms with Gasteiger partial charge in [-0.15, -0.1) is 0 Å². The van der Waals surface area contributed by atoms with Crippen LogP contribution in [0.3, 0.4) is 0 Å². The molecule has 0 radical (unpaired) electrons. The number of nitrogens with zero attached hydrogens (tertiary/aromatic N) is 1. The van der Waals surface area contributed by atoms with Gasteiger partial charge in [0.25, 0.3) is 5.91 Å². The van der Waals surface area contributed by atoms with E-state index in [2.05, 4.69) is 0 Å². The molecule has 20 heavy (non-hydrogen) atoms. The van der Waals surface area contributed by atoms with Crippen LogP contribution in [0.1, 0.15) is 18.1 Å². The van der Waals surface area contributed by atoms with Crippen molar-refractivity contribution in [1.29, 1.82) is 0 Å². The predicted octanol–water partition coefficient (Wildman–Crippen LogP) is 2.18. The fourth-order valence-electron chi connectivity index (χ4n) is 2.38. The average molecular weight is 298 g/mol. The molecule has 1 amide bonds. The summed E-state index contributed by atoms with van der Waals surface area (Å²) in [4.78, 5) is 13.6. The molecule has 1 aliphatic rings. The van der Waals surface area contributed by atoms with Crippen molar-refractivity contribution in [1.82, 2.24) is 4.90 Å². The average Bonchev–Trinajstić information content (AvgIpc) is 2.38. The molecule has 0 aliphatic carbocycles. The Hall–Kier alpha value is -1.26. The molecule has 2 rings (SSSR count). The van der Waals surface area contributed by atoms with Crippen molar-refractivity contribution in [2.24, 2.45) is 5.41 Å². The third kappa shape index (κ3) is 3.07. The van der Waals surface area contributed by atoms with Gasteiger partial charge in [0.15, 0.2) is 6.61 Å². The van der Waals surface area contributed by atoms with E-state index in [1.807, 2.05) is 32.9 Å². The number of benzene rings is 1. The standard InChI is InChI=1S/C15H20ClNO3/c1-10-4-12(5-11(2)14(10)16)20-6-13(19)17-7-15(3,8-17)9-18/h4-5,18H,6-9H2,1-3H3. The van der Waals surface area contributed by atoms with Crippen LogP contribution in [0.4, 0.5) is 0 Å². The molecule has 0 bridgehead atoms. The highest BCUT2D eigenvalue weighted by Gasteiger charge is 2.40. The molecule has 0 aromatic heterocycles. The lowest BCUT2D eigenvalue weighted by atomic mass is 9.83. The summed E-state index contributed by atoms with van der Waals surface area (Å²) in [6.07, 6.45) is 0. The van der Waals surface area contributed by atoms with Crippen LogP contribution >= 0.6 is 11.6 Å². The fourth-order valence-corrected chi connectivity index (χ4v) is 2.49. The normalized spacial score (nSPS) is 16.8. The molecule has 1 saturated heterocycles. The number of amides is 1. The van der Waals surface area contributed by atoms with Crippen LogP contribution < -0.4 is 4.74 Å². The highest BCUT2D eigenvalue weighted by atomic mass is 35.5. The SMILES string of the molecule is Cc1cc(OCC(=O)N2CC(C)(CO)C2)cc(C)c1Cl. The number of aliphatic hydroxyl groups is 1. The molecular formula is C15H20ClNO3. The van der Waals surface area contributed by atoms with Gasteiger partial charge in [0, 0.05) is 23.5 Å². The van der Waals surface area contributed by atoms with Gasteiger partial charge in [-0.2, -0.15) is 0 Å². The van der Waals surface area contributed by atoms with Crippen LogP contribution in [-0.4, -0.2) is 42.2 Å². The Balaban J connectivity index is 1.89. The molecule has 0 atom stereocenters. The molecule has 1 aromatic carbocycles. The topological polar surface area (TPSA) is 49.8 Å². The number of likely N-dealkylation sites (tertiary alicyclic amines) is 1. The van der Waals surface area contributed by atoms with Gasteiger partial charge in [-0.05, 0) is 37.1 Å². The van der Waals surface area contributed by atoms with E-state index in [9.17, 15) is 4.79 Å². The first kappa shape index (κ1) is 15.1. The summed E-state index contributed by atoms with van der Waals surface area (Å²) in [7, 11) is 0. The minimum Gasteiger partial charge on any atom is -0.484 e. The van der Waals surface area contributed by atoms with Gasteiger partial charge < -0.3 is 14.7 Å². The zero-order valence-electron chi connectivity index (χ0n) is 12.1. The lowest BCUT2D eigenvalue weighted by Gasteiger charge is -2.46. The molecule has 1 fully saturated rings. The van der Waals surface area contributed by atoms with E-state index in [1.165, 1.54) is 0 Å². The molecule has 5 heteroatoms. The van der Waals surface area contributed by atoms with Gasteiger partial charge in [-0.3, -0.25) is 4.79 Å². The van der Waals surface area contributed by atoms with Crippen molar-refractivity contribution in [2.45, 2.75) is 20.8 Å². The molecule has 1 N–H and O–H groups in total. The second-order valence-corrected chi connectivity index (χ2v) is 6.26. The van der Waals surface area contributed by atoms with E-state index in [0.29, 0.717) is 18.8 Å². The minimum atomic E-state index is -0.150. The van der Waals surface area contributed by atoms with E-state index in [0.717, 1.165) is 16.1 Å². The second-order valence-electron chi connectivity index (χ2n) is 5.88. The lowest BCUT2D eigenvalue weighted by Crippen LogP contribution is -2.59. The summed E-state index contributed by atoms with van der Waals surface area (Å²) < 4.78 is 5.53. The van der Waals surface area contributed by atoms with E-state index in [-0.39, 0.29) is 24.5 Å². The molecule has 0 unspecified atom stereocenters.